The third-order valence-electron chi connectivity index (χ3n) is 2.65. The molecule has 0 unspecified atom stereocenters. The fourth-order valence-corrected chi connectivity index (χ4v) is 1.76. The molecule has 1 aromatic carbocycles. The topological polar surface area (TPSA) is 36.5 Å². The number of rotatable bonds is 4. The van der Waals surface area contributed by atoms with Crippen molar-refractivity contribution in [3.63, 3.8) is 0 Å². The van der Waals surface area contributed by atoms with Gasteiger partial charge in [-0.25, -0.2) is 0 Å². The summed E-state index contributed by atoms with van der Waals surface area (Å²) in [6.07, 6.45) is 4.40. The van der Waals surface area contributed by atoms with Crippen molar-refractivity contribution in [1.29, 1.82) is 0 Å². The number of nitrogens with zero attached hydrogens (tertiary/aromatic N) is 2. The molecule has 3 nitrogen and oxygen atoms in total. The van der Waals surface area contributed by atoms with E-state index in [2.05, 4.69) is 21.9 Å². The van der Waals surface area contributed by atoms with Crippen LogP contribution in [0.25, 0.3) is 0 Å². The second-order valence-corrected chi connectivity index (χ2v) is 3.80. The van der Waals surface area contributed by atoms with Crippen molar-refractivity contribution in [1.82, 2.24) is 0 Å². The van der Waals surface area contributed by atoms with Gasteiger partial charge in [0.15, 0.2) is 12.7 Å². The number of aromatic nitrogens is 1. The van der Waals surface area contributed by atoms with Gasteiger partial charge in [-0.2, -0.15) is 4.57 Å². The molecule has 1 N–H and O–H groups in total. The number of aryl methyl sites for hydroxylation is 2. The minimum Gasteiger partial charge on any atom is -1.00 e. The molecule has 0 aliphatic rings. The third-order valence-corrected chi connectivity index (χ3v) is 2.65. The molecule has 94 valence electrons. The second-order valence-electron chi connectivity index (χ2n) is 3.80. The molecule has 0 saturated carbocycles. The molecule has 18 heavy (non-hydrogen) atoms. The van der Waals surface area contributed by atoms with E-state index in [0.717, 1.165) is 18.7 Å². The normalized spacial score (nSPS) is 10.2. The molecule has 1 aromatic heterocycles. The molecule has 0 aliphatic carbocycles. The first kappa shape index (κ1) is 14.4. The summed E-state index contributed by atoms with van der Waals surface area (Å²) in [5.41, 5.74) is 2.20. The van der Waals surface area contributed by atoms with E-state index < -0.39 is 0 Å². The lowest BCUT2D eigenvalue weighted by molar-refractivity contribution is -0.697. The smallest absolute Gasteiger partial charge is 0.227 e. The average molecular weight is 307 g/mol. The zero-order valence-corrected chi connectivity index (χ0v) is 11.5. The van der Waals surface area contributed by atoms with Crippen molar-refractivity contribution >= 4 is 6.21 Å². The summed E-state index contributed by atoms with van der Waals surface area (Å²) in [6, 6.07) is 16.2. The van der Waals surface area contributed by atoms with E-state index in [-0.39, 0.29) is 17.0 Å². The van der Waals surface area contributed by atoms with Crippen molar-refractivity contribution in [2.75, 3.05) is 0 Å². The van der Waals surface area contributed by atoms with Crippen molar-refractivity contribution in [3.05, 3.63) is 66.0 Å². The Balaban J connectivity index is 0.00000162. The maximum atomic E-state index is 8.59. The Kier molecular flexibility index (Phi) is 6.08. The first-order chi connectivity index (χ1) is 8.40. The van der Waals surface area contributed by atoms with Crippen LogP contribution in [0.4, 0.5) is 0 Å². The number of halogens is 1. The lowest BCUT2D eigenvalue weighted by Crippen LogP contribution is -3.00. The molecular formula is C14H15BrN2O. The minimum absolute atomic E-state index is 0. The first-order valence-electron chi connectivity index (χ1n) is 5.60. The van der Waals surface area contributed by atoms with Gasteiger partial charge in [-0.1, -0.05) is 35.5 Å². The lowest BCUT2D eigenvalue weighted by atomic mass is 10.1. The highest BCUT2D eigenvalue weighted by molar-refractivity contribution is 5.74. The second kappa shape index (κ2) is 7.61. The van der Waals surface area contributed by atoms with Gasteiger partial charge in [0.1, 0.15) is 6.21 Å². The molecule has 4 heteroatoms. The first-order valence-corrected chi connectivity index (χ1v) is 5.60. The fourth-order valence-electron chi connectivity index (χ4n) is 1.76. The largest absolute Gasteiger partial charge is 1.00 e. The zero-order chi connectivity index (χ0) is 11.9. The van der Waals surface area contributed by atoms with E-state index in [4.69, 9.17) is 5.21 Å². The van der Waals surface area contributed by atoms with Crippen LogP contribution in [-0.4, -0.2) is 11.4 Å². The highest BCUT2D eigenvalue weighted by Crippen LogP contribution is 1.99. The van der Waals surface area contributed by atoms with Crippen molar-refractivity contribution in [3.8, 4) is 0 Å². The van der Waals surface area contributed by atoms with Gasteiger partial charge in [-0.3, -0.25) is 0 Å². The molecule has 0 radical (unpaired) electrons. The Labute approximate surface area is 117 Å². The van der Waals surface area contributed by atoms with Gasteiger partial charge in [0, 0.05) is 18.6 Å². The molecule has 0 spiro atoms. The molecule has 0 saturated heterocycles. The molecule has 0 bridgehead atoms. The van der Waals surface area contributed by atoms with Gasteiger partial charge < -0.3 is 22.2 Å². The van der Waals surface area contributed by atoms with Crippen molar-refractivity contribution in [2.45, 2.75) is 13.0 Å². The summed E-state index contributed by atoms with van der Waals surface area (Å²) in [4.78, 5) is 0. The van der Waals surface area contributed by atoms with Crippen LogP contribution in [-0.2, 0) is 13.0 Å². The van der Waals surface area contributed by atoms with E-state index in [0.29, 0.717) is 0 Å². The predicted octanol–water partition coefficient (Wildman–Crippen LogP) is -0.971. The van der Waals surface area contributed by atoms with Gasteiger partial charge in [-0.05, 0) is 11.6 Å². The summed E-state index contributed by atoms with van der Waals surface area (Å²) in [5, 5.41) is 11.7. The summed E-state index contributed by atoms with van der Waals surface area (Å²) in [5.74, 6) is 0. The Hall–Kier alpha value is -1.68. The zero-order valence-electron chi connectivity index (χ0n) is 9.91. The van der Waals surface area contributed by atoms with E-state index in [9.17, 15) is 0 Å². The number of pyridine rings is 1. The molecular weight excluding hydrogens is 292 g/mol. The fraction of sp³-hybridized carbons (Fsp3) is 0.143. The summed E-state index contributed by atoms with van der Waals surface area (Å²) in [6.45, 7) is 0.867. The summed E-state index contributed by atoms with van der Waals surface area (Å²) >= 11 is 0. The predicted molar refractivity (Wildman–Crippen MR) is 66.2 cm³/mol. The molecule has 0 atom stereocenters. The van der Waals surface area contributed by atoms with Gasteiger partial charge >= 0.3 is 0 Å². The number of benzene rings is 1. The molecule has 2 rings (SSSR count). The van der Waals surface area contributed by atoms with Crippen LogP contribution in [0, 0.1) is 0 Å². The van der Waals surface area contributed by atoms with Crippen LogP contribution in [0.3, 0.4) is 0 Å². The monoisotopic (exact) mass is 306 g/mol. The minimum atomic E-state index is 0. The van der Waals surface area contributed by atoms with Gasteiger partial charge in [-0.15, -0.1) is 0 Å². The van der Waals surface area contributed by atoms with Crippen LogP contribution < -0.4 is 21.5 Å². The Morgan fingerprint density at radius 2 is 1.78 bits per heavy atom. The SMILES string of the molecule is O/N=C/c1cccc[n+]1CCc1ccccc1.[Br-]. The lowest BCUT2D eigenvalue weighted by Gasteiger charge is -2.00. The van der Waals surface area contributed by atoms with E-state index in [1.165, 1.54) is 11.8 Å². The summed E-state index contributed by atoms with van der Waals surface area (Å²) < 4.78 is 2.06. The highest BCUT2D eigenvalue weighted by atomic mass is 79.9. The Bertz CT molecular complexity index is 500. The molecule has 0 aliphatic heterocycles. The van der Waals surface area contributed by atoms with Crippen LogP contribution in [0.1, 0.15) is 11.3 Å². The standard InChI is InChI=1S/C14H14N2O.BrH/c17-15-12-14-8-4-5-10-16(14)11-9-13-6-2-1-3-7-13;/h1-8,10,12H,9,11H2;1H. The average Bonchev–Trinajstić information content (AvgIpc) is 2.39. The van der Waals surface area contributed by atoms with E-state index in [1.807, 2.05) is 42.6 Å². The van der Waals surface area contributed by atoms with Gasteiger partial charge in [0.05, 0.1) is 0 Å². The molecule has 0 fully saturated rings. The summed E-state index contributed by atoms with van der Waals surface area (Å²) in [7, 11) is 0. The van der Waals surface area contributed by atoms with Crippen molar-refractivity contribution < 1.29 is 26.8 Å². The van der Waals surface area contributed by atoms with Crippen LogP contribution >= 0.6 is 0 Å². The molecule has 1 heterocycles. The maximum Gasteiger partial charge on any atom is 0.227 e. The van der Waals surface area contributed by atoms with E-state index in [1.54, 1.807) is 0 Å². The van der Waals surface area contributed by atoms with Gasteiger partial charge in [0.25, 0.3) is 0 Å². The Morgan fingerprint density at radius 3 is 2.50 bits per heavy atom. The third kappa shape index (κ3) is 3.96. The number of oxime groups is 1. The van der Waals surface area contributed by atoms with Gasteiger partial charge in [0.2, 0.25) is 5.69 Å². The quantitative estimate of drug-likeness (QED) is 0.335. The highest BCUT2D eigenvalue weighted by Gasteiger charge is 2.07. The van der Waals surface area contributed by atoms with Crippen LogP contribution in [0.2, 0.25) is 0 Å². The Morgan fingerprint density at radius 1 is 1.06 bits per heavy atom. The van der Waals surface area contributed by atoms with E-state index >= 15 is 0 Å². The molecule has 0 amide bonds. The van der Waals surface area contributed by atoms with Crippen molar-refractivity contribution in [2.24, 2.45) is 5.16 Å². The maximum absolute atomic E-state index is 8.59. The van der Waals surface area contributed by atoms with Crippen LogP contribution in [0.15, 0.2) is 59.9 Å². The van der Waals surface area contributed by atoms with Crippen LogP contribution in [0.5, 0.6) is 0 Å². The number of hydrogen-bond donors (Lipinski definition) is 1. The molecule has 2 aromatic rings. The number of hydrogen-bond acceptors (Lipinski definition) is 2.